The van der Waals surface area contributed by atoms with Crippen molar-refractivity contribution in [3.8, 4) is 0 Å². The number of carbonyl (C=O) groups excluding carboxylic acids is 1. The number of nitrogens with zero attached hydrogens (tertiary/aromatic N) is 2. The van der Waals surface area contributed by atoms with E-state index < -0.39 is 11.8 Å². The van der Waals surface area contributed by atoms with Gasteiger partial charge in [0, 0.05) is 18.8 Å². The van der Waals surface area contributed by atoms with Crippen LogP contribution >= 0.6 is 0 Å². The summed E-state index contributed by atoms with van der Waals surface area (Å²) >= 11 is 0. The van der Waals surface area contributed by atoms with Crippen LogP contribution in [0, 0.1) is 6.92 Å². The molecule has 0 spiro atoms. The van der Waals surface area contributed by atoms with E-state index in [9.17, 15) is 9.59 Å². The molecular weight excluding hydrogens is 264 g/mol. The van der Waals surface area contributed by atoms with E-state index in [4.69, 9.17) is 9.15 Å². The second-order valence-electron chi connectivity index (χ2n) is 4.32. The van der Waals surface area contributed by atoms with Gasteiger partial charge in [-0.2, -0.15) is 0 Å². The molecule has 2 heterocycles. The van der Waals surface area contributed by atoms with E-state index in [0.717, 1.165) is 18.7 Å². The van der Waals surface area contributed by atoms with Crippen LogP contribution in [0.4, 0.5) is 0 Å². The van der Waals surface area contributed by atoms with Crippen LogP contribution in [0.3, 0.4) is 0 Å². The van der Waals surface area contributed by atoms with E-state index in [1.165, 1.54) is 0 Å². The molecule has 0 atom stereocenters. The molecule has 7 nitrogen and oxygen atoms in total. The fourth-order valence-corrected chi connectivity index (χ4v) is 1.77. The van der Waals surface area contributed by atoms with Crippen molar-refractivity contribution < 1.29 is 18.4 Å². The smallest absolute Gasteiger partial charge is 0.456 e. The van der Waals surface area contributed by atoms with E-state index in [-0.39, 0.29) is 18.9 Å². The number of carbonyl (C=O) groups is 1. The number of esters is 1. The topological polar surface area (TPSA) is 87.5 Å². The first kappa shape index (κ1) is 14.1. The number of ether oxygens (including phenoxy) is 1. The van der Waals surface area contributed by atoms with Gasteiger partial charge in [-0.25, -0.2) is 9.78 Å². The molecule has 0 bridgehead atoms. The van der Waals surface area contributed by atoms with Gasteiger partial charge in [0.2, 0.25) is 0 Å². The third-order valence-corrected chi connectivity index (χ3v) is 2.77. The molecule has 0 aliphatic heterocycles. The molecule has 0 radical (unpaired) electrons. The highest BCUT2D eigenvalue weighted by molar-refractivity contribution is 5.69. The highest BCUT2D eigenvalue weighted by Crippen LogP contribution is 2.07. The maximum Gasteiger partial charge on any atom is 0.519 e. The Hall–Kier alpha value is -2.31. The quantitative estimate of drug-likeness (QED) is 0.744. The van der Waals surface area contributed by atoms with Crippen LogP contribution in [0.5, 0.6) is 0 Å². The molecule has 0 aliphatic rings. The lowest BCUT2D eigenvalue weighted by Crippen LogP contribution is -2.15. The van der Waals surface area contributed by atoms with Gasteiger partial charge in [0.15, 0.2) is 18.1 Å². The van der Waals surface area contributed by atoms with Crippen LogP contribution in [0.2, 0.25) is 0 Å². The van der Waals surface area contributed by atoms with Gasteiger partial charge in [0.1, 0.15) is 12.4 Å². The van der Waals surface area contributed by atoms with Gasteiger partial charge >= 0.3 is 11.8 Å². The Morgan fingerprint density at radius 2 is 2.25 bits per heavy atom. The van der Waals surface area contributed by atoms with Crippen LogP contribution in [0.15, 0.2) is 26.0 Å². The zero-order valence-corrected chi connectivity index (χ0v) is 11.4. The SMILES string of the molecule is CCCc1nccn1CC(=O)OCc1oc(=O)oc1C. The summed E-state index contributed by atoms with van der Waals surface area (Å²) in [4.78, 5) is 26.8. The lowest BCUT2D eigenvalue weighted by atomic mass is 10.3. The molecule has 7 heteroatoms. The highest BCUT2D eigenvalue weighted by Gasteiger charge is 2.13. The van der Waals surface area contributed by atoms with Gasteiger partial charge < -0.3 is 18.1 Å². The van der Waals surface area contributed by atoms with E-state index in [1.54, 1.807) is 23.9 Å². The summed E-state index contributed by atoms with van der Waals surface area (Å²) in [6.07, 6.45) is 5.13. The maximum absolute atomic E-state index is 11.7. The van der Waals surface area contributed by atoms with Crippen LogP contribution in [-0.4, -0.2) is 15.5 Å². The predicted molar refractivity (Wildman–Crippen MR) is 68.0 cm³/mol. The molecular formula is C13H16N2O5. The second kappa shape index (κ2) is 6.23. The summed E-state index contributed by atoms with van der Waals surface area (Å²) in [5, 5.41) is 0. The third-order valence-electron chi connectivity index (χ3n) is 2.77. The van der Waals surface area contributed by atoms with Crippen molar-refractivity contribution in [2.24, 2.45) is 0 Å². The van der Waals surface area contributed by atoms with Crippen molar-refractivity contribution in [3.05, 3.63) is 40.4 Å². The summed E-state index contributed by atoms with van der Waals surface area (Å²) < 4.78 is 16.2. The van der Waals surface area contributed by atoms with E-state index >= 15 is 0 Å². The minimum absolute atomic E-state index is 0.0798. The standard InChI is InChI=1S/C13H16N2O5/c1-3-4-11-14-5-6-15(11)7-12(16)18-8-10-9(2)19-13(17)20-10/h5-6H,3-4,7-8H2,1-2H3. The van der Waals surface area contributed by atoms with Crippen molar-refractivity contribution >= 4 is 5.97 Å². The zero-order chi connectivity index (χ0) is 14.5. The molecule has 2 aromatic rings. The van der Waals surface area contributed by atoms with E-state index in [2.05, 4.69) is 9.40 Å². The number of aryl methyl sites for hydroxylation is 2. The molecule has 0 aliphatic carbocycles. The van der Waals surface area contributed by atoms with Gasteiger partial charge in [-0.1, -0.05) is 6.92 Å². The Balaban J connectivity index is 1.91. The number of hydrogen-bond acceptors (Lipinski definition) is 6. The third kappa shape index (κ3) is 3.37. The van der Waals surface area contributed by atoms with Crippen LogP contribution in [0.25, 0.3) is 0 Å². The summed E-state index contributed by atoms with van der Waals surface area (Å²) in [6, 6.07) is 0. The van der Waals surface area contributed by atoms with Gasteiger partial charge in [-0.05, 0) is 13.3 Å². The fourth-order valence-electron chi connectivity index (χ4n) is 1.77. The lowest BCUT2D eigenvalue weighted by molar-refractivity contribution is -0.146. The Morgan fingerprint density at radius 1 is 1.45 bits per heavy atom. The molecule has 0 amide bonds. The molecule has 0 aromatic carbocycles. The Bertz CT molecular complexity index is 637. The van der Waals surface area contributed by atoms with Crippen LogP contribution < -0.4 is 5.82 Å². The Labute approximate surface area is 115 Å². The first-order valence-electron chi connectivity index (χ1n) is 6.35. The van der Waals surface area contributed by atoms with Crippen molar-refractivity contribution in [1.29, 1.82) is 0 Å². The minimum atomic E-state index is -0.798. The first-order chi connectivity index (χ1) is 9.60. The van der Waals surface area contributed by atoms with E-state index in [0.29, 0.717) is 5.76 Å². The van der Waals surface area contributed by atoms with Gasteiger partial charge in [0.25, 0.3) is 0 Å². The molecule has 0 saturated carbocycles. The van der Waals surface area contributed by atoms with Gasteiger partial charge in [-0.3, -0.25) is 4.79 Å². The fraction of sp³-hybridized carbons (Fsp3) is 0.462. The number of aromatic nitrogens is 2. The maximum atomic E-state index is 11.7. The monoisotopic (exact) mass is 280 g/mol. The van der Waals surface area contributed by atoms with Crippen molar-refractivity contribution in [2.75, 3.05) is 0 Å². The second-order valence-corrected chi connectivity index (χ2v) is 4.32. The first-order valence-corrected chi connectivity index (χ1v) is 6.35. The summed E-state index contributed by atoms with van der Waals surface area (Å²) in [6.45, 7) is 3.58. The van der Waals surface area contributed by atoms with Crippen molar-refractivity contribution in [2.45, 2.75) is 39.8 Å². The van der Waals surface area contributed by atoms with Gasteiger partial charge in [-0.15, -0.1) is 0 Å². The molecule has 0 unspecified atom stereocenters. The number of imidazole rings is 1. The molecule has 20 heavy (non-hydrogen) atoms. The molecule has 0 fully saturated rings. The molecule has 0 N–H and O–H groups in total. The van der Waals surface area contributed by atoms with Crippen LogP contribution in [0.1, 0.15) is 30.7 Å². The summed E-state index contributed by atoms with van der Waals surface area (Å²) in [5.74, 6) is 0.160. The average Bonchev–Trinajstić information content (AvgIpc) is 2.95. The van der Waals surface area contributed by atoms with Crippen molar-refractivity contribution in [1.82, 2.24) is 9.55 Å². The zero-order valence-electron chi connectivity index (χ0n) is 11.4. The van der Waals surface area contributed by atoms with Crippen molar-refractivity contribution in [3.63, 3.8) is 0 Å². The lowest BCUT2D eigenvalue weighted by Gasteiger charge is -2.06. The predicted octanol–water partition coefficient (Wildman–Crippen LogP) is 1.43. The number of rotatable bonds is 6. The number of hydrogen-bond donors (Lipinski definition) is 0. The molecule has 108 valence electrons. The van der Waals surface area contributed by atoms with E-state index in [1.807, 2.05) is 6.92 Å². The van der Waals surface area contributed by atoms with Gasteiger partial charge in [0.05, 0.1) is 0 Å². The largest absolute Gasteiger partial charge is 0.519 e. The Kier molecular flexibility index (Phi) is 4.39. The molecule has 0 saturated heterocycles. The normalized spacial score (nSPS) is 10.7. The van der Waals surface area contributed by atoms with Crippen LogP contribution in [-0.2, 0) is 29.1 Å². The highest BCUT2D eigenvalue weighted by atomic mass is 16.6. The average molecular weight is 280 g/mol. The molecule has 2 aromatic heterocycles. The Morgan fingerprint density at radius 3 is 2.90 bits per heavy atom. The summed E-state index contributed by atoms with van der Waals surface area (Å²) in [5.41, 5.74) is 0. The molecule has 2 rings (SSSR count). The summed E-state index contributed by atoms with van der Waals surface area (Å²) in [7, 11) is 0. The minimum Gasteiger partial charge on any atom is -0.456 e.